The second-order valence-corrected chi connectivity index (χ2v) is 13.4. The molecule has 0 aliphatic carbocycles. The Balaban J connectivity index is 2.18. The number of nitrogens with zero attached hydrogens (tertiary/aromatic N) is 5. The molecule has 232 valence electrons. The number of carbonyl (C=O) groups excluding carboxylic acids is 2. The number of hydrogen-bond donors (Lipinski definition) is 2. The summed E-state index contributed by atoms with van der Waals surface area (Å²) in [5.74, 6) is -0.759. The molecule has 2 heterocycles. The van der Waals surface area contributed by atoms with Gasteiger partial charge in [-0.2, -0.15) is 0 Å². The number of hydrogen-bond acceptors (Lipinski definition) is 10. The summed E-state index contributed by atoms with van der Waals surface area (Å²) in [6.07, 6.45) is 7.62. The summed E-state index contributed by atoms with van der Waals surface area (Å²) in [6, 6.07) is -0.859. The van der Waals surface area contributed by atoms with Crippen LogP contribution in [0.1, 0.15) is 80.1 Å². The molecule has 0 fully saturated rings. The van der Waals surface area contributed by atoms with Crippen LogP contribution in [0.2, 0.25) is 0 Å². The monoisotopic (exact) mass is 597 g/mol. The minimum absolute atomic E-state index is 0.275. The molecule has 0 aliphatic heterocycles. The third-order valence-electron chi connectivity index (χ3n) is 6.77. The van der Waals surface area contributed by atoms with Crippen molar-refractivity contribution in [2.75, 3.05) is 32.3 Å². The number of esters is 2. The summed E-state index contributed by atoms with van der Waals surface area (Å²) in [4.78, 5) is 38.2. The van der Waals surface area contributed by atoms with E-state index in [-0.39, 0.29) is 18.8 Å². The van der Waals surface area contributed by atoms with E-state index in [0.717, 1.165) is 38.5 Å². The number of carbonyl (C=O) groups is 2. The van der Waals surface area contributed by atoms with E-state index in [1.54, 1.807) is 38.7 Å². The number of nitrogen functional groups attached to an aromatic ring is 1. The van der Waals surface area contributed by atoms with E-state index in [9.17, 15) is 14.2 Å². The Kier molecular flexibility index (Phi) is 13.6. The number of ether oxygens (including phenoxy) is 3. The minimum atomic E-state index is -3.70. The molecule has 2 aromatic heterocycles. The van der Waals surface area contributed by atoms with Gasteiger partial charge in [0.25, 0.3) is 0 Å². The Bertz CT molecular complexity index is 1170. The normalized spacial score (nSPS) is 15.0. The van der Waals surface area contributed by atoms with Gasteiger partial charge in [-0.15, -0.1) is 0 Å². The van der Waals surface area contributed by atoms with Crippen LogP contribution >= 0.6 is 7.44 Å². The zero-order chi connectivity index (χ0) is 30.6. The lowest BCUT2D eigenvalue weighted by Gasteiger charge is -2.37. The standard InChI is InChI=1S/C27H48N7O6P/c1-8-10-12-14-38-25(35)21(4)33(7)41(37,32-27(5,6)26(36)39-15-13-11-9-2)19-40-20(3)16-34-18-31-22-23(28)29-17-30-24(22)34/h17-18,20-21H,8-16,19H2,1-7H3,(H,32,37)(H2,28,29,30)/t20-,21-,41+/m1/s1. The number of fused-ring (bicyclic) bond motifs is 1. The predicted molar refractivity (Wildman–Crippen MR) is 158 cm³/mol. The zero-order valence-corrected chi connectivity index (χ0v) is 26.5. The molecule has 13 nitrogen and oxygen atoms in total. The maximum absolute atomic E-state index is 14.5. The summed E-state index contributed by atoms with van der Waals surface area (Å²) < 4.78 is 34.7. The van der Waals surface area contributed by atoms with Crippen molar-refractivity contribution in [3.63, 3.8) is 0 Å². The molecule has 0 saturated heterocycles. The first-order chi connectivity index (χ1) is 19.4. The van der Waals surface area contributed by atoms with Crippen LogP contribution in [0.4, 0.5) is 5.82 Å². The Labute approximate surface area is 243 Å². The van der Waals surface area contributed by atoms with Crippen molar-refractivity contribution in [2.45, 2.75) is 104 Å². The van der Waals surface area contributed by atoms with E-state index in [2.05, 4.69) is 33.9 Å². The van der Waals surface area contributed by atoms with Crippen LogP contribution in [0.15, 0.2) is 12.7 Å². The Morgan fingerprint density at radius 2 is 1.71 bits per heavy atom. The first kappa shape index (κ1) is 34.6. The van der Waals surface area contributed by atoms with Gasteiger partial charge in [0.2, 0.25) is 7.44 Å². The van der Waals surface area contributed by atoms with Gasteiger partial charge < -0.3 is 24.5 Å². The van der Waals surface area contributed by atoms with Crippen LogP contribution in [0.25, 0.3) is 11.2 Å². The third kappa shape index (κ3) is 10.0. The van der Waals surface area contributed by atoms with Crippen molar-refractivity contribution < 1.29 is 28.4 Å². The maximum Gasteiger partial charge on any atom is 0.326 e. The highest BCUT2D eigenvalue weighted by Crippen LogP contribution is 2.48. The molecule has 0 aromatic carbocycles. The molecule has 2 aromatic rings. The van der Waals surface area contributed by atoms with Crippen molar-refractivity contribution in [3.05, 3.63) is 12.7 Å². The van der Waals surface area contributed by atoms with Crippen LogP contribution in [-0.2, 0) is 34.9 Å². The molecule has 0 aliphatic rings. The number of unbranched alkanes of at least 4 members (excludes halogenated alkanes) is 4. The molecule has 2 rings (SSSR count). The number of aromatic nitrogens is 4. The van der Waals surface area contributed by atoms with Gasteiger partial charge in [0.05, 0.1) is 32.2 Å². The fraction of sp³-hybridized carbons (Fsp3) is 0.741. The van der Waals surface area contributed by atoms with Gasteiger partial charge in [-0.05, 0) is 47.6 Å². The lowest BCUT2D eigenvalue weighted by atomic mass is 10.1. The molecule has 0 saturated carbocycles. The lowest BCUT2D eigenvalue weighted by Crippen LogP contribution is -2.50. The first-order valence-corrected chi connectivity index (χ1v) is 16.2. The van der Waals surface area contributed by atoms with Gasteiger partial charge >= 0.3 is 11.9 Å². The Morgan fingerprint density at radius 3 is 2.34 bits per heavy atom. The Morgan fingerprint density at radius 1 is 1.07 bits per heavy atom. The highest BCUT2D eigenvalue weighted by Gasteiger charge is 2.43. The molecule has 3 N–H and O–H groups in total. The van der Waals surface area contributed by atoms with E-state index in [4.69, 9.17) is 19.9 Å². The van der Waals surface area contributed by atoms with Crippen LogP contribution in [0.3, 0.4) is 0 Å². The molecule has 3 atom stereocenters. The molecule has 0 radical (unpaired) electrons. The second-order valence-electron chi connectivity index (χ2n) is 10.8. The lowest BCUT2D eigenvalue weighted by molar-refractivity contribution is -0.149. The summed E-state index contributed by atoms with van der Waals surface area (Å²) in [7, 11) is -2.14. The van der Waals surface area contributed by atoms with Crippen molar-refractivity contribution in [3.8, 4) is 0 Å². The molecular weight excluding hydrogens is 549 g/mol. The molecule has 0 bridgehead atoms. The van der Waals surface area contributed by atoms with Gasteiger partial charge in [0.15, 0.2) is 11.5 Å². The van der Waals surface area contributed by atoms with Crippen LogP contribution in [0.5, 0.6) is 0 Å². The van der Waals surface area contributed by atoms with Gasteiger partial charge in [0, 0.05) is 0 Å². The van der Waals surface area contributed by atoms with Crippen molar-refractivity contribution in [1.29, 1.82) is 0 Å². The van der Waals surface area contributed by atoms with E-state index in [1.165, 1.54) is 11.0 Å². The first-order valence-electron chi connectivity index (χ1n) is 14.3. The fourth-order valence-corrected chi connectivity index (χ4v) is 6.53. The third-order valence-corrected chi connectivity index (χ3v) is 9.54. The number of anilines is 1. The predicted octanol–water partition coefficient (Wildman–Crippen LogP) is 4.12. The number of imidazole rings is 1. The molecule has 0 unspecified atom stereocenters. The van der Waals surface area contributed by atoms with Gasteiger partial charge in [-0.3, -0.25) is 14.2 Å². The summed E-state index contributed by atoms with van der Waals surface area (Å²) in [5.41, 5.74) is 5.61. The minimum Gasteiger partial charge on any atom is -0.465 e. The average Bonchev–Trinajstić information content (AvgIpc) is 3.34. The van der Waals surface area contributed by atoms with Crippen LogP contribution in [-0.4, -0.2) is 80.4 Å². The maximum atomic E-state index is 14.5. The van der Waals surface area contributed by atoms with E-state index >= 15 is 0 Å². The fourth-order valence-electron chi connectivity index (χ4n) is 4.05. The molecule has 0 spiro atoms. The largest absolute Gasteiger partial charge is 0.465 e. The number of rotatable bonds is 19. The van der Waals surface area contributed by atoms with Gasteiger partial charge in [0.1, 0.15) is 29.8 Å². The zero-order valence-electron chi connectivity index (χ0n) is 25.6. The van der Waals surface area contributed by atoms with E-state index in [0.29, 0.717) is 24.3 Å². The number of nitrogens with two attached hydrogens (primary N) is 1. The summed E-state index contributed by atoms with van der Waals surface area (Å²) in [5, 5.41) is 2.99. The van der Waals surface area contributed by atoms with Crippen LogP contribution in [0, 0.1) is 0 Å². The number of nitrogens with one attached hydrogen (secondary N) is 1. The average molecular weight is 598 g/mol. The second kappa shape index (κ2) is 16.1. The van der Waals surface area contributed by atoms with Crippen molar-refractivity contribution in [2.24, 2.45) is 0 Å². The van der Waals surface area contributed by atoms with E-state index < -0.39 is 37.1 Å². The topological polar surface area (TPSA) is 164 Å². The van der Waals surface area contributed by atoms with Gasteiger partial charge in [-0.25, -0.2) is 24.7 Å². The quantitative estimate of drug-likeness (QED) is 0.135. The van der Waals surface area contributed by atoms with Crippen molar-refractivity contribution >= 4 is 36.4 Å². The van der Waals surface area contributed by atoms with Crippen molar-refractivity contribution in [1.82, 2.24) is 29.3 Å². The van der Waals surface area contributed by atoms with E-state index in [1.807, 2.05) is 6.92 Å². The summed E-state index contributed by atoms with van der Waals surface area (Å²) >= 11 is 0. The molecule has 14 heteroatoms. The smallest absolute Gasteiger partial charge is 0.326 e. The van der Waals surface area contributed by atoms with Crippen LogP contribution < -0.4 is 10.8 Å². The Hall–Kier alpha value is -2.60. The highest BCUT2D eigenvalue weighted by atomic mass is 31.2. The molecule has 41 heavy (non-hydrogen) atoms. The summed E-state index contributed by atoms with van der Waals surface area (Å²) in [6.45, 7) is 11.7. The molecular formula is C27H48N7O6P. The SMILES string of the molecule is CCCCCOC(=O)[C@@H](C)N(C)[P@](=O)(CO[C@H](C)Cn1cnc2c(N)ncnc21)NC(C)(C)C(=O)OCCCCC. The van der Waals surface area contributed by atoms with Gasteiger partial charge in [-0.1, -0.05) is 39.5 Å². The highest BCUT2D eigenvalue weighted by molar-refractivity contribution is 7.59. The molecule has 0 amide bonds. The number of likely N-dealkylation sites (N-methyl/N-ethyl adjacent to an activating group) is 1.